The summed E-state index contributed by atoms with van der Waals surface area (Å²) in [6.45, 7) is 3.84. The average molecular weight is 262 g/mol. The van der Waals surface area contributed by atoms with Gasteiger partial charge in [0.2, 0.25) is 0 Å². The van der Waals surface area contributed by atoms with E-state index in [-0.39, 0.29) is 12.6 Å². The fraction of sp³-hybridized carbons (Fsp3) is 0.429. The molecule has 0 amide bonds. The Morgan fingerprint density at radius 3 is 2.79 bits per heavy atom. The van der Waals surface area contributed by atoms with Gasteiger partial charge in [-0.1, -0.05) is 19.1 Å². The summed E-state index contributed by atoms with van der Waals surface area (Å²) in [5.74, 6) is 0.198. The molecule has 0 saturated heterocycles. The summed E-state index contributed by atoms with van der Waals surface area (Å²) in [4.78, 5) is 16.4. The van der Waals surface area contributed by atoms with Gasteiger partial charge in [-0.3, -0.25) is 0 Å². The van der Waals surface area contributed by atoms with Gasteiger partial charge in [-0.05, 0) is 25.5 Å². The number of aliphatic hydroxyl groups excluding tert-OH is 1. The lowest BCUT2D eigenvalue weighted by Gasteiger charge is -2.18. The van der Waals surface area contributed by atoms with E-state index in [4.69, 9.17) is 4.74 Å². The zero-order chi connectivity index (χ0) is 13.8. The van der Waals surface area contributed by atoms with Crippen molar-refractivity contribution in [3.8, 4) is 0 Å². The molecule has 0 spiro atoms. The molecule has 0 aliphatic heterocycles. The van der Waals surface area contributed by atoms with E-state index >= 15 is 0 Å². The van der Waals surface area contributed by atoms with E-state index in [2.05, 4.69) is 4.98 Å². The van der Waals surface area contributed by atoms with E-state index in [1.54, 1.807) is 11.5 Å². The van der Waals surface area contributed by atoms with Crippen molar-refractivity contribution in [3.05, 3.63) is 30.1 Å². The van der Waals surface area contributed by atoms with E-state index in [0.29, 0.717) is 18.9 Å². The first-order chi connectivity index (χ1) is 9.22. The maximum absolute atomic E-state index is 12.0. The van der Waals surface area contributed by atoms with E-state index in [1.165, 1.54) is 0 Å². The maximum Gasteiger partial charge on any atom is 0.329 e. The van der Waals surface area contributed by atoms with Crippen molar-refractivity contribution in [2.24, 2.45) is 0 Å². The Balaban J connectivity index is 2.54. The van der Waals surface area contributed by atoms with Gasteiger partial charge in [-0.2, -0.15) is 0 Å². The second kappa shape index (κ2) is 5.84. The van der Waals surface area contributed by atoms with Crippen LogP contribution in [0.5, 0.6) is 0 Å². The summed E-state index contributed by atoms with van der Waals surface area (Å²) in [7, 11) is 0. The third-order valence-corrected chi connectivity index (χ3v) is 3.07. The molecule has 0 aliphatic rings. The van der Waals surface area contributed by atoms with Gasteiger partial charge in [0, 0.05) is 0 Å². The van der Waals surface area contributed by atoms with Crippen molar-refractivity contribution in [2.75, 3.05) is 6.61 Å². The highest BCUT2D eigenvalue weighted by Crippen LogP contribution is 2.24. The predicted molar refractivity (Wildman–Crippen MR) is 71.6 cm³/mol. The summed E-state index contributed by atoms with van der Waals surface area (Å²) in [6, 6.07) is 7.08. The topological polar surface area (TPSA) is 64.3 Å². The molecule has 0 bridgehead atoms. The molecule has 0 radical (unpaired) electrons. The summed E-state index contributed by atoms with van der Waals surface area (Å²) >= 11 is 0. The van der Waals surface area contributed by atoms with Crippen LogP contribution in [-0.2, 0) is 16.1 Å². The highest BCUT2D eigenvalue weighted by molar-refractivity contribution is 5.81. The molecule has 1 aromatic carbocycles. The third-order valence-electron chi connectivity index (χ3n) is 3.07. The maximum atomic E-state index is 12.0. The first-order valence-corrected chi connectivity index (χ1v) is 6.46. The number of rotatable bonds is 5. The Bertz CT molecular complexity index is 577. The minimum Gasteiger partial charge on any atom is -0.464 e. The number of nitrogens with zero attached hydrogens (tertiary/aromatic N) is 2. The minimum atomic E-state index is -0.450. The molecule has 102 valence electrons. The first-order valence-electron chi connectivity index (χ1n) is 6.46. The van der Waals surface area contributed by atoms with Crippen LogP contribution in [0.1, 0.15) is 32.1 Å². The molecule has 1 unspecified atom stereocenters. The standard InChI is InChI=1S/C14H18N2O3/c1-3-11(14(18)19-4-2)16-12-8-6-5-7-10(12)15-13(16)9-17/h5-8,11,17H,3-4,9H2,1-2H3. The van der Waals surface area contributed by atoms with Crippen LogP contribution in [0, 0.1) is 0 Å². The van der Waals surface area contributed by atoms with E-state index < -0.39 is 6.04 Å². The van der Waals surface area contributed by atoms with Gasteiger partial charge >= 0.3 is 5.97 Å². The number of fused-ring (bicyclic) bond motifs is 1. The normalized spacial score (nSPS) is 12.6. The van der Waals surface area contributed by atoms with Crippen LogP contribution >= 0.6 is 0 Å². The number of imidazole rings is 1. The van der Waals surface area contributed by atoms with Gasteiger partial charge in [0.1, 0.15) is 18.5 Å². The monoisotopic (exact) mass is 262 g/mol. The van der Waals surface area contributed by atoms with Crippen LogP contribution in [0.15, 0.2) is 24.3 Å². The number of aliphatic hydroxyl groups is 1. The first kappa shape index (κ1) is 13.5. The molecule has 1 atom stereocenters. The molecule has 1 aromatic heterocycles. The molecule has 0 saturated carbocycles. The molecule has 2 aromatic rings. The number of hydrogen-bond acceptors (Lipinski definition) is 4. The van der Waals surface area contributed by atoms with Crippen molar-refractivity contribution in [1.29, 1.82) is 0 Å². The van der Waals surface area contributed by atoms with Crippen molar-refractivity contribution in [3.63, 3.8) is 0 Å². The molecule has 2 rings (SSSR count). The number of hydrogen-bond donors (Lipinski definition) is 1. The van der Waals surface area contributed by atoms with Crippen LogP contribution in [0.4, 0.5) is 0 Å². The smallest absolute Gasteiger partial charge is 0.329 e. The van der Waals surface area contributed by atoms with Gasteiger partial charge in [0.25, 0.3) is 0 Å². The Labute approximate surface area is 111 Å². The Morgan fingerprint density at radius 1 is 1.42 bits per heavy atom. The predicted octanol–water partition coefficient (Wildman–Crippen LogP) is 2.04. The number of esters is 1. The van der Waals surface area contributed by atoms with Crippen LogP contribution in [0.25, 0.3) is 11.0 Å². The third kappa shape index (κ3) is 2.46. The van der Waals surface area contributed by atoms with Crippen LogP contribution < -0.4 is 0 Å². The number of carbonyl (C=O) groups excluding carboxylic acids is 1. The van der Waals surface area contributed by atoms with Crippen molar-refractivity contribution in [1.82, 2.24) is 9.55 Å². The molecule has 0 fully saturated rings. The summed E-state index contributed by atoms with van der Waals surface area (Å²) in [5, 5.41) is 9.44. The lowest BCUT2D eigenvalue weighted by atomic mass is 10.2. The molecule has 5 heteroatoms. The second-order valence-corrected chi connectivity index (χ2v) is 4.22. The lowest BCUT2D eigenvalue weighted by Crippen LogP contribution is -2.23. The van der Waals surface area contributed by atoms with Gasteiger partial charge in [-0.25, -0.2) is 9.78 Å². The number of benzene rings is 1. The number of ether oxygens (including phenoxy) is 1. The van der Waals surface area contributed by atoms with Gasteiger partial charge in [-0.15, -0.1) is 0 Å². The highest BCUT2D eigenvalue weighted by atomic mass is 16.5. The zero-order valence-corrected chi connectivity index (χ0v) is 11.2. The Morgan fingerprint density at radius 2 is 2.16 bits per heavy atom. The Hall–Kier alpha value is -1.88. The Kier molecular flexibility index (Phi) is 4.16. The SMILES string of the molecule is CCOC(=O)C(CC)n1c(CO)nc2ccccc21. The van der Waals surface area contributed by atoms with Gasteiger partial charge < -0.3 is 14.4 Å². The number of para-hydroxylation sites is 2. The van der Waals surface area contributed by atoms with Gasteiger partial charge in [0.15, 0.2) is 0 Å². The van der Waals surface area contributed by atoms with Crippen molar-refractivity contribution in [2.45, 2.75) is 32.9 Å². The molecular formula is C14H18N2O3. The quantitative estimate of drug-likeness (QED) is 0.837. The second-order valence-electron chi connectivity index (χ2n) is 4.22. The number of carbonyl (C=O) groups is 1. The number of aromatic nitrogens is 2. The van der Waals surface area contributed by atoms with E-state index in [0.717, 1.165) is 11.0 Å². The highest BCUT2D eigenvalue weighted by Gasteiger charge is 2.24. The summed E-state index contributed by atoms with van der Waals surface area (Å²) in [6.07, 6.45) is 0.589. The van der Waals surface area contributed by atoms with Gasteiger partial charge in [0.05, 0.1) is 17.6 Å². The lowest BCUT2D eigenvalue weighted by molar-refractivity contribution is -0.147. The van der Waals surface area contributed by atoms with E-state index in [9.17, 15) is 9.90 Å². The zero-order valence-electron chi connectivity index (χ0n) is 11.2. The molecule has 19 heavy (non-hydrogen) atoms. The molecular weight excluding hydrogens is 244 g/mol. The minimum absolute atomic E-state index is 0.204. The summed E-state index contributed by atoms with van der Waals surface area (Å²) < 4.78 is 6.87. The van der Waals surface area contributed by atoms with Crippen molar-refractivity contribution >= 4 is 17.0 Å². The average Bonchev–Trinajstić information content (AvgIpc) is 2.79. The fourth-order valence-corrected chi connectivity index (χ4v) is 2.25. The van der Waals surface area contributed by atoms with Crippen molar-refractivity contribution < 1.29 is 14.6 Å². The molecule has 0 aliphatic carbocycles. The molecule has 5 nitrogen and oxygen atoms in total. The van der Waals surface area contributed by atoms with Crippen LogP contribution in [-0.4, -0.2) is 27.2 Å². The van der Waals surface area contributed by atoms with Crippen LogP contribution in [0.2, 0.25) is 0 Å². The molecule has 1 N–H and O–H groups in total. The molecule has 1 heterocycles. The van der Waals surface area contributed by atoms with Crippen LogP contribution in [0.3, 0.4) is 0 Å². The summed E-state index contributed by atoms with van der Waals surface area (Å²) in [5.41, 5.74) is 1.61. The van der Waals surface area contributed by atoms with E-state index in [1.807, 2.05) is 31.2 Å². The largest absolute Gasteiger partial charge is 0.464 e. The fourth-order valence-electron chi connectivity index (χ4n) is 2.25.